The van der Waals surface area contributed by atoms with Crippen LogP contribution in [-0.4, -0.2) is 24.3 Å². The van der Waals surface area contributed by atoms with Gasteiger partial charge in [0, 0.05) is 9.75 Å². The highest BCUT2D eigenvalue weighted by molar-refractivity contribution is 7.12. The van der Waals surface area contributed by atoms with Crippen LogP contribution in [0.5, 0.6) is 0 Å². The lowest BCUT2D eigenvalue weighted by molar-refractivity contribution is -0.142. The average molecular weight is 229 g/mol. The molecule has 0 aliphatic rings. The van der Waals surface area contributed by atoms with Crippen molar-refractivity contribution in [3.63, 3.8) is 0 Å². The van der Waals surface area contributed by atoms with E-state index >= 15 is 0 Å². The Labute approximate surface area is 92.7 Å². The summed E-state index contributed by atoms with van der Waals surface area (Å²) in [5.74, 6) is -0.971. The molecule has 3 N–H and O–H groups in total. The molecule has 0 aromatic carbocycles. The molecule has 0 bridgehead atoms. The van der Waals surface area contributed by atoms with Gasteiger partial charge in [0.2, 0.25) is 0 Å². The van der Waals surface area contributed by atoms with Crippen molar-refractivity contribution in [3.05, 3.63) is 21.4 Å². The van der Waals surface area contributed by atoms with Gasteiger partial charge in [-0.25, -0.2) is 4.79 Å². The van der Waals surface area contributed by atoms with E-state index in [4.69, 9.17) is 15.6 Å². The van der Waals surface area contributed by atoms with Crippen LogP contribution in [0.25, 0.3) is 0 Å². The first-order valence-electron chi connectivity index (χ1n) is 4.62. The van der Waals surface area contributed by atoms with Gasteiger partial charge in [0.15, 0.2) is 0 Å². The van der Waals surface area contributed by atoms with Gasteiger partial charge in [0.25, 0.3) is 0 Å². The number of aryl methyl sites for hydroxylation is 2. The third-order valence-corrected chi connectivity index (χ3v) is 3.22. The smallest absolute Gasteiger partial charge is 0.329 e. The molecule has 84 valence electrons. The quantitative estimate of drug-likeness (QED) is 0.802. The summed E-state index contributed by atoms with van der Waals surface area (Å²) in [5, 5.41) is 8.39. The predicted molar refractivity (Wildman–Crippen MR) is 59.2 cm³/mol. The number of hydrogen-bond donors (Lipinski definition) is 2. The summed E-state index contributed by atoms with van der Waals surface area (Å²) >= 11 is 1.63. The SMILES string of the molecule is Cc1cc(C)c(C(N)COCC(=O)O)s1. The molecule has 0 amide bonds. The van der Waals surface area contributed by atoms with E-state index < -0.39 is 5.97 Å². The van der Waals surface area contributed by atoms with E-state index in [0.29, 0.717) is 0 Å². The van der Waals surface area contributed by atoms with Crippen molar-refractivity contribution < 1.29 is 14.6 Å². The third kappa shape index (κ3) is 3.62. The molecule has 1 heterocycles. The summed E-state index contributed by atoms with van der Waals surface area (Å²) in [7, 11) is 0. The van der Waals surface area contributed by atoms with Crippen molar-refractivity contribution in [1.82, 2.24) is 0 Å². The molecular formula is C10H15NO3S. The van der Waals surface area contributed by atoms with Gasteiger partial charge in [-0.15, -0.1) is 11.3 Å². The summed E-state index contributed by atoms with van der Waals surface area (Å²) in [6.07, 6.45) is 0. The molecule has 15 heavy (non-hydrogen) atoms. The molecule has 1 unspecified atom stereocenters. The highest BCUT2D eigenvalue weighted by Crippen LogP contribution is 2.26. The van der Waals surface area contributed by atoms with Crippen molar-refractivity contribution in [2.45, 2.75) is 19.9 Å². The Morgan fingerprint density at radius 2 is 2.33 bits per heavy atom. The van der Waals surface area contributed by atoms with Crippen molar-refractivity contribution in [1.29, 1.82) is 0 Å². The van der Waals surface area contributed by atoms with Crippen LogP contribution in [0.2, 0.25) is 0 Å². The monoisotopic (exact) mass is 229 g/mol. The molecule has 1 aromatic heterocycles. The zero-order chi connectivity index (χ0) is 11.4. The summed E-state index contributed by atoms with van der Waals surface area (Å²) < 4.78 is 4.96. The highest BCUT2D eigenvalue weighted by atomic mass is 32.1. The first-order valence-corrected chi connectivity index (χ1v) is 5.44. The Kier molecular flexibility index (Phi) is 4.26. The van der Waals surface area contributed by atoms with Gasteiger partial charge >= 0.3 is 5.97 Å². The Morgan fingerprint density at radius 3 is 2.80 bits per heavy atom. The second-order valence-corrected chi connectivity index (χ2v) is 4.71. The van der Waals surface area contributed by atoms with Crippen LogP contribution in [0.3, 0.4) is 0 Å². The fourth-order valence-electron chi connectivity index (χ4n) is 1.38. The number of hydrogen-bond acceptors (Lipinski definition) is 4. The first kappa shape index (κ1) is 12.2. The van der Waals surface area contributed by atoms with Gasteiger partial charge < -0.3 is 15.6 Å². The maximum Gasteiger partial charge on any atom is 0.329 e. The summed E-state index contributed by atoms with van der Waals surface area (Å²) in [4.78, 5) is 12.5. The van der Waals surface area contributed by atoms with Gasteiger partial charge in [-0.1, -0.05) is 0 Å². The van der Waals surface area contributed by atoms with Crippen molar-refractivity contribution in [2.24, 2.45) is 5.73 Å². The first-order chi connectivity index (χ1) is 7.00. The van der Waals surface area contributed by atoms with E-state index in [9.17, 15) is 4.79 Å². The Balaban J connectivity index is 2.50. The van der Waals surface area contributed by atoms with Crippen LogP contribution in [0.4, 0.5) is 0 Å². The fraction of sp³-hybridized carbons (Fsp3) is 0.500. The molecule has 0 radical (unpaired) electrons. The molecule has 0 fully saturated rings. The number of aliphatic carboxylic acids is 1. The van der Waals surface area contributed by atoms with Crippen LogP contribution in [-0.2, 0) is 9.53 Å². The maximum absolute atomic E-state index is 10.2. The van der Waals surface area contributed by atoms with Crippen LogP contribution in [0, 0.1) is 13.8 Å². The third-order valence-electron chi connectivity index (χ3n) is 1.94. The maximum atomic E-state index is 10.2. The molecule has 1 aromatic rings. The molecule has 1 rings (SSSR count). The number of rotatable bonds is 5. The zero-order valence-corrected chi connectivity index (χ0v) is 9.63. The Bertz CT molecular complexity index is 348. The van der Waals surface area contributed by atoms with Gasteiger partial charge in [-0.3, -0.25) is 0 Å². The van der Waals surface area contributed by atoms with E-state index in [1.54, 1.807) is 11.3 Å². The lowest BCUT2D eigenvalue weighted by Gasteiger charge is -2.10. The Hall–Kier alpha value is -0.910. The second kappa shape index (κ2) is 5.25. The zero-order valence-electron chi connectivity index (χ0n) is 8.82. The normalized spacial score (nSPS) is 12.7. The molecule has 4 nitrogen and oxygen atoms in total. The number of ether oxygens (including phenoxy) is 1. The van der Waals surface area contributed by atoms with Crippen LogP contribution in [0.15, 0.2) is 6.07 Å². The molecule has 0 saturated carbocycles. The van der Waals surface area contributed by atoms with Gasteiger partial charge in [0.05, 0.1) is 12.6 Å². The van der Waals surface area contributed by atoms with E-state index in [2.05, 4.69) is 6.07 Å². The van der Waals surface area contributed by atoms with Crippen molar-refractivity contribution in [2.75, 3.05) is 13.2 Å². The van der Waals surface area contributed by atoms with Crippen molar-refractivity contribution in [3.8, 4) is 0 Å². The lowest BCUT2D eigenvalue weighted by Crippen LogP contribution is -2.19. The second-order valence-electron chi connectivity index (χ2n) is 3.42. The number of nitrogens with two attached hydrogens (primary N) is 1. The highest BCUT2D eigenvalue weighted by Gasteiger charge is 2.12. The van der Waals surface area contributed by atoms with E-state index in [-0.39, 0.29) is 19.3 Å². The van der Waals surface area contributed by atoms with Crippen molar-refractivity contribution >= 4 is 17.3 Å². The minimum absolute atomic E-state index is 0.233. The minimum Gasteiger partial charge on any atom is -0.480 e. The fourth-order valence-corrected chi connectivity index (χ4v) is 2.40. The number of carbonyl (C=O) groups is 1. The molecule has 0 spiro atoms. The van der Waals surface area contributed by atoms with Gasteiger partial charge in [-0.2, -0.15) is 0 Å². The average Bonchev–Trinajstić information content (AvgIpc) is 2.44. The topological polar surface area (TPSA) is 72.5 Å². The molecule has 1 atom stereocenters. The van der Waals surface area contributed by atoms with Crippen LogP contribution < -0.4 is 5.73 Å². The van der Waals surface area contributed by atoms with E-state index in [0.717, 1.165) is 10.4 Å². The molecule has 0 saturated heterocycles. The molecule has 5 heteroatoms. The number of carboxylic acids is 1. The predicted octanol–water partition coefficient (Wildman–Crippen LogP) is 1.47. The Morgan fingerprint density at radius 1 is 1.67 bits per heavy atom. The molecule has 0 aliphatic carbocycles. The van der Waals surface area contributed by atoms with E-state index in [1.807, 2.05) is 13.8 Å². The molecule has 0 aliphatic heterocycles. The van der Waals surface area contributed by atoms with Gasteiger partial charge in [0.1, 0.15) is 6.61 Å². The standard InChI is InChI=1S/C10H15NO3S/c1-6-3-7(2)15-10(6)8(11)4-14-5-9(12)13/h3,8H,4-5,11H2,1-2H3,(H,12,13). The minimum atomic E-state index is -0.971. The van der Waals surface area contributed by atoms with Crippen LogP contribution >= 0.6 is 11.3 Å². The van der Waals surface area contributed by atoms with E-state index in [1.165, 1.54) is 4.88 Å². The number of thiophene rings is 1. The summed E-state index contributed by atoms with van der Waals surface area (Å²) in [6, 6.07) is 1.83. The molecular weight excluding hydrogens is 214 g/mol. The van der Waals surface area contributed by atoms with Gasteiger partial charge in [-0.05, 0) is 25.5 Å². The lowest BCUT2D eigenvalue weighted by atomic mass is 10.2. The largest absolute Gasteiger partial charge is 0.480 e. The summed E-state index contributed by atoms with van der Waals surface area (Å²) in [6.45, 7) is 3.96. The van der Waals surface area contributed by atoms with Crippen LogP contribution in [0.1, 0.15) is 21.4 Å². The summed E-state index contributed by atoms with van der Waals surface area (Å²) in [5.41, 5.74) is 7.03. The number of carboxylic acid groups (broad SMARTS) is 1.